The number of aromatic amines is 1. The minimum absolute atomic E-state index is 0.0885. The highest BCUT2D eigenvalue weighted by Gasteiger charge is 2.54. The van der Waals surface area contributed by atoms with E-state index in [1.807, 2.05) is 41.5 Å². The van der Waals surface area contributed by atoms with Crippen LogP contribution in [0, 0.1) is 28.5 Å². The molecule has 4 amide bonds. The maximum Gasteiger partial charge on any atom is 0.268 e. The fourth-order valence-corrected chi connectivity index (χ4v) is 6.06. The van der Waals surface area contributed by atoms with Crippen LogP contribution in [0.4, 0.5) is 4.39 Å². The first kappa shape index (κ1) is 31.9. The number of carbonyl (C=O) groups is 5. The van der Waals surface area contributed by atoms with E-state index in [4.69, 9.17) is 0 Å². The number of hydrogen-bond donors (Lipinski definition) is 4. The number of likely N-dealkylation sites (tertiary alicyclic amines) is 1. The van der Waals surface area contributed by atoms with Gasteiger partial charge in [0, 0.05) is 29.9 Å². The molecule has 5 atom stereocenters. The van der Waals surface area contributed by atoms with Gasteiger partial charge in [0.1, 0.15) is 23.6 Å². The summed E-state index contributed by atoms with van der Waals surface area (Å²) in [6, 6.07) is 2.95. The standard InChI is InChI=1S/C32H42FN5O5/c1-8-24(39)22(14-18-12-13-34-27(18)40)36-29(42)26-32(6,7)17(2)16-38(26)30(43)25(31(3,4)5)37-28(41)23-15-19-20(33)10-9-11-21(19)35-23/h8-11,15,17-18,22,25-26,35H,1,12-14,16H2,2-7H3,(H,34,40)(H,36,42)(H,37,41)/t17-,18+,22+,25-,26-/m1/s1. The monoisotopic (exact) mass is 595 g/mol. The highest BCUT2D eigenvalue weighted by atomic mass is 19.1. The summed E-state index contributed by atoms with van der Waals surface area (Å²) >= 11 is 0. The van der Waals surface area contributed by atoms with E-state index in [1.54, 1.807) is 6.07 Å². The number of amides is 4. The van der Waals surface area contributed by atoms with Gasteiger partial charge in [0.05, 0.1) is 6.04 Å². The Morgan fingerprint density at radius 2 is 1.91 bits per heavy atom. The predicted octanol–water partition coefficient (Wildman–Crippen LogP) is 3.09. The summed E-state index contributed by atoms with van der Waals surface area (Å²) < 4.78 is 14.3. The van der Waals surface area contributed by atoms with Crippen LogP contribution in [0.1, 0.15) is 64.9 Å². The van der Waals surface area contributed by atoms with Crippen molar-refractivity contribution in [2.75, 3.05) is 13.1 Å². The van der Waals surface area contributed by atoms with Crippen LogP contribution in [0.3, 0.4) is 0 Å². The van der Waals surface area contributed by atoms with Crippen LogP contribution in [0.15, 0.2) is 36.9 Å². The number of ketones is 1. The van der Waals surface area contributed by atoms with E-state index in [-0.39, 0.29) is 35.9 Å². The molecule has 2 saturated heterocycles. The Kier molecular flexibility index (Phi) is 8.85. The lowest BCUT2D eigenvalue weighted by Crippen LogP contribution is -2.60. The lowest BCUT2D eigenvalue weighted by molar-refractivity contribution is -0.144. The summed E-state index contributed by atoms with van der Waals surface area (Å²) in [6.07, 6.45) is 1.82. The van der Waals surface area contributed by atoms with Crippen LogP contribution in [0.5, 0.6) is 0 Å². The molecule has 0 spiro atoms. The van der Waals surface area contributed by atoms with Gasteiger partial charge in [-0.1, -0.05) is 54.2 Å². The normalized spacial score (nSPS) is 23.0. The van der Waals surface area contributed by atoms with Crippen LogP contribution in [-0.2, 0) is 19.2 Å². The summed E-state index contributed by atoms with van der Waals surface area (Å²) in [7, 11) is 0. The number of hydrogen-bond acceptors (Lipinski definition) is 5. The van der Waals surface area contributed by atoms with Crippen molar-refractivity contribution >= 4 is 40.3 Å². The average Bonchev–Trinajstić information content (AvgIpc) is 3.61. The molecule has 0 unspecified atom stereocenters. The SMILES string of the molecule is C=CC(=O)[C@H](C[C@@H]1CCNC1=O)NC(=O)[C@H]1N(C(=O)[C@@H](NC(=O)c2cc3c(F)cccc3[nH]2)C(C)(C)C)C[C@@H](C)C1(C)C. The van der Waals surface area contributed by atoms with Crippen molar-refractivity contribution in [1.82, 2.24) is 25.8 Å². The topological polar surface area (TPSA) is 140 Å². The number of rotatable bonds is 9. The van der Waals surface area contributed by atoms with Gasteiger partial charge in [0.2, 0.25) is 17.7 Å². The molecule has 2 aliphatic heterocycles. The first-order valence-corrected chi connectivity index (χ1v) is 14.7. The second-order valence-electron chi connectivity index (χ2n) is 13.5. The van der Waals surface area contributed by atoms with E-state index in [0.717, 1.165) is 6.08 Å². The van der Waals surface area contributed by atoms with Gasteiger partial charge in [-0.15, -0.1) is 0 Å². The molecule has 4 N–H and O–H groups in total. The highest BCUT2D eigenvalue weighted by molar-refractivity contribution is 6.02. The molecule has 0 aliphatic carbocycles. The minimum Gasteiger partial charge on any atom is -0.356 e. The summed E-state index contributed by atoms with van der Waals surface area (Å²) in [5.41, 5.74) is -0.867. The zero-order valence-corrected chi connectivity index (χ0v) is 25.7. The van der Waals surface area contributed by atoms with E-state index in [9.17, 15) is 28.4 Å². The Bertz CT molecular complexity index is 1460. The summed E-state index contributed by atoms with van der Waals surface area (Å²) in [4.78, 5) is 70.9. The van der Waals surface area contributed by atoms with Crippen molar-refractivity contribution < 1.29 is 28.4 Å². The molecule has 1 aromatic heterocycles. The fourth-order valence-electron chi connectivity index (χ4n) is 6.06. The molecule has 2 aliphatic rings. The Morgan fingerprint density at radius 1 is 1.21 bits per heavy atom. The molecule has 4 rings (SSSR count). The van der Waals surface area contributed by atoms with Crippen molar-refractivity contribution in [3.05, 3.63) is 48.4 Å². The molecule has 0 saturated carbocycles. The zero-order chi connectivity index (χ0) is 31.9. The van der Waals surface area contributed by atoms with E-state index in [1.165, 1.54) is 23.1 Å². The molecule has 43 heavy (non-hydrogen) atoms. The van der Waals surface area contributed by atoms with Crippen LogP contribution < -0.4 is 16.0 Å². The van der Waals surface area contributed by atoms with E-state index >= 15 is 0 Å². The number of halogens is 1. The van der Waals surface area contributed by atoms with Crippen LogP contribution in [0.25, 0.3) is 10.9 Å². The number of fused-ring (bicyclic) bond motifs is 1. The second-order valence-corrected chi connectivity index (χ2v) is 13.5. The number of nitrogens with one attached hydrogen (secondary N) is 4. The smallest absolute Gasteiger partial charge is 0.268 e. The molecule has 2 fully saturated rings. The second kappa shape index (κ2) is 11.9. The maximum absolute atomic E-state index is 14.3. The number of H-pyrrole nitrogens is 1. The van der Waals surface area contributed by atoms with Crippen LogP contribution >= 0.6 is 0 Å². The van der Waals surface area contributed by atoms with Gasteiger partial charge < -0.3 is 25.8 Å². The van der Waals surface area contributed by atoms with E-state index in [2.05, 4.69) is 27.5 Å². The molecule has 1 aromatic carbocycles. The largest absolute Gasteiger partial charge is 0.356 e. The molecule has 11 heteroatoms. The minimum atomic E-state index is -1.03. The fraction of sp³-hybridized carbons (Fsp3) is 0.531. The molecule has 232 valence electrons. The molecule has 2 aromatic rings. The third-order valence-corrected chi connectivity index (χ3v) is 9.08. The van der Waals surface area contributed by atoms with Crippen LogP contribution in [0.2, 0.25) is 0 Å². The summed E-state index contributed by atoms with van der Waals surface area (Å²) in [6.45, 7) is 15.5. The Balaban J connectivity index is 1.60. The first-order chi connectivity index (χ1) is 20.1. The first-order valence-electron chi connectivity index (χ1n) is 14.7. The number of aromatic nitrogens is 1. The molecule has 10 nitrogen and oxygen atoms in total. The third kappa shape index (κ3) is 6.35. The van der Waals surface area contributed by atoms with E-state index < -0.39 is 64.2 Å². The van der Waals surface area contributed by atoms with Crippen molar-refractivity contribution in [2.24, 2.45) is 22.7 Å². The lowest BCUT2D eigenvalue weighted by atomic mass is 9.77. The van der Waals surface area contributed by atoms with Gasteiger partial charge in [0.25, 0.3) is 5.91 Å². The lowest BCUT2D eigenvalue weighted by Gasteiger charge is -2.38. The maximum atomic E-state index is 14.3. The Morgan fingerprint density at radius 3 is 2.49 bits per heavy atom. The van der Waals surface area contributed by atoms with Gasteiger partial charge in [0.15, 0.2) is 5.78 Å². The van der Waals surface area contributed by atoms with Crippen molar-refractivity contribution in [2.45, 2.75) is 72.5 Å². The summed E-state index contributed by atoms with van der Waals surface area (Å²) in [5, 5.41) is 8.66. The predicted molar refractivity (Wildman–Crippen MR) is 160 cm³/mol. The quantitative estimate of drug-likeness (QED) is 0.330. The van der Waals surface area contributed by atoms with Gasteiger partial charge in [-0.05, 0) is 53.9 Å². The van der Waals surface area contributed by atoms with Crippen molar-refractivity contribution in [3.63, 3.8) is 0 Å². The van der Waals surface area contributed by atoms with Gasteiger partial charge in [-0.2, -0.15) is 0 Å². The molecular weight excluding hydrogens is 553 g/mol. The van der Waals surface area contributed by atoms with E-state index in [0.29, 0.717) is 18.5 Å². The zero-order valence-electron chi connectivity index (χ0n) is 25.7. The number of nitrogens with zero attached hydrogens (tertiary/aromatic N) is 1. The van der Waals surface area contributed by atoms with Gasteiger partial charge in [-0.3, -0.25) is 24.0 Å². The molecule has 0 radical (unpaired) electrons. The van der Waals surface area contributed by atoms with Crippen LogP contribution in [-0.4, -0.2) is 70.5 Å². The third-order valence-electron chi connectivity index (χ3n) is 9.08. The highest BCUT2D eigenvalue weighted by Crippen LogP contribution is 2.42. The Hall–Kier alpha value is -4.02. The molecule has 0 bridgehead atoms. The molecule has 3 heterocycles. The number of benzene rings is 1. The van der Waals surface area contributed by atoms with Crippen molar-refractivity contribution in [3.8, 4) is 0 Å². The van der Waals surface area contributed by atoms with Gasteiger partial charge in [-0.25, -0.2) is 4.39 Å². The summed E-state index contributed by atoms with van der Waals surface area (Å²) in [5.74, 6) is -3.08. The number of carbonyl (C=O) groups excluding carboxylic acids is 5. The Labute approximate surface area is 251 Å². The average molecular weight is 596 g/mol. The van der Waals surface area contributed by atoms with Gasteiger partial charge >= 0.3 is 0 Å². The van der Waals surface area contributed by atoms with Crippen molar-refractivity contribution in [1.29, 1.82) is 0 Å². The molecular formula is C32H42FN5O5.